The van der Waals surface area contributed by atoms with Gasteiger partial charge >= 0.3 is 0 Å². The van der Waals surface area contributed by atoms with Gasteiger partial charge in [-0.1, -0.05) is 0 Å². The highest BCUT2D eigenvalue weighted by Gasteiger charge is 2.30. The van der Waals surface area contributed by atoms with Crippen LogP contribution in [0.2, 0.25) is 0 Å². The summed E-state index contributed by atoms with van der Waals surface area (Å²) in [6.07, 6.45) is 0.907. The summed E-state index contributed by atoms with van der Waals surface area (Å²) in [7, 11) is 5.69. The molecule has 1 atom stereocenters. The molecule has 0 bridgehead atoms. The molecule has 0 aromatic carbocycles. The van der Waals surface area contributed by atoms with Crippen LogP contribution < -0.4 is 10.5 Å². The Labute approximate surface area is 156 Å². The van der Waals surface area contributed by atoms with Gasteiger partial charge in [0, 0.05) is 45.8 Å². The van der Waals surface area contributed by atoms with Gasteiger partial charge in [-0.25, -0.2) is 9.97 Å². The fourth-order valence-electron chi connectivity index (χ4n) is 3.11. The van der Waals surface area contributed by atoms with Gasteiger partial charge in [-0.2, -0.15) is 0 Å². The SMILES string of the molecule is Cc1ncsc1C(=O)N1CC[C@H](N(C)Cc2cc(=O)[nH]c(N(C)C)n2)C1. The Hall–Kier alpha value is -2.26. The number of aromatic nitrogens is 3. The molecule has 1 fully saturated rings. The van der Waals surface area contributed by atoms with Crippen LogP contribution in [0.25, 0.3) is 0 Å². The predicted octanol–water partition coefficient (Wildman–Crippen LogP) is 0.947. The summed E-state index contributed by atoms with van der Waals surface area (Å²) in [5, 5.41) is 0. The van der Waals surface area contributed by atoms with Crippen LogP contribution in [0.5, 0.6) is 0 Å². The van der Waals surface area contributed by atoms with Crippen LogP contribution in [0, 0.1) is 6.92 Å². The van der Waals surface area contributed by atoms with Gasteiger partial charge in [0.2, 0.25) is 5.95 Å². The molecule has 0 aliphatic carbocycles. The molecule has 9 heteroatoms. The third kappa shape index (κ3) is 3.94. The van der Waals surface area contributed by atoms with Crippen molar-refractivity contribution >= 4 is 23.2 Å². The smallest absolute Gasteiger partial charge is 0.265 e. The average molecular weight is 376 g/mol. The van der Waals surface area contributed by atoms with E-state index in [2.05, 4.69) is 19.9 Å². The summed E-state index contributed by atoms with van der Waals surface area (Å²) in [5.74, 6) is 0.606. The highest BCUT2D eigenvalue weighted by molar-refractivity contribution is 7.11. The van der Waals surface area contributed by atoms with E-state index in [-0.39, 0.29) is 17.5 Å². The first kappa shape index (κ1) is 18.5. The van der Waals surface area contributed by atoms with Crippen molar-refractivity contribution in [2.75, 3.05) is 39.1 Å². The van der Waals surface area contributed by atoms with Crippen LogP contribution in [-0.4, -0.2) is 70.9 Å². The molecule has 3 heterocycles. The molecule has 3 rings (SSSR count). The van der Waals surface area contributed by atoms with E-state index in [9.17, 15) is 9.59 Å². The minimum absolute atomic E-state index is 0.0603. The molecule has 8 nitrogen and oxygen atoms in total. The van der Waals surface area contributed by atoms with Crippen molar-refractivity contribution in [2.24, 2.45) is 0 Å². The van der Waals surface area contributed by atoms with Gasteiger partial charge in [0.05, 0.1) is 16.9 Å². The summed E-state index contributed by atoms with van der Waals surface area (Å²) in [6.45, 7) is 3.84. The van der Waals surface area contributed by atoms with Crippen molar-refractivity contribution in [1.29, 1.82) is 0 Å². The number of likely N-dealkylation sites (tertiary alicyclic amines) is 1. The number of likely N-dealkylation sites (N-methyl/N-ethyl adjacent to an activating group) is 1. The lowest BCUT2D eigenvalue weighted by Crippen LogP contribution is -2.36. The Balaban J connectivity index is 1.65. The number of rotatable bonds is 5. The molecule has 2 aromatic heterocycles. The zero-order valence-electron chi connectivity index (χ0n) is 15.5. The normalized spacial score (nSPS) is 17.1. The molecule has 0 unspecified atom stereocenters. The van der Waals surface area contributed by atoms with Gasteiger partial charge in [0.25, 0.3) is 11.5 Å². The fourth-order valence-corrected chi connectivity index (χ4v) is 3.88. The van der Waals surface area contributed by atoms with Crippen molar-refractivity contribution in [1.82, 2.24) is 24.8 Å². The van der Waals surface area contributed by atoms with Gasteiger partial charge in [0.15, 0.2) is 0 Å². The van der Waals surface area contributed by atoms with E-state index in [1.165, 1.54) is 17.4 Å². The summed E-state index contributed by atoms with van der Waals surface area (Å²) in [5.41, 5.74) is 3.07. The van der Waals surface area contributed by atoms with E-state index >= 15 is 0 Å². The Morgan fingerprint density at radius 2 is 2.19 bits per heavy atom. The monoisotopic (exact) mass is 376 g/mol. The third-order valence-corrected chi connectivity index (χ3v) is 5.55. The number of carbonyl (C=O) groups excluding carboxylic acids is 1. The summed E-state index contributed by atoms with van der Waals surface area (Å²) >= 11 is 1.39. The van der Waals surface area contributed by atoms with Crippen molar-refractivity contribution in [3.05, 3.63) is 38.2 Å². The van der Waals surface area contributed by atoms with Crippen LogP contribution in [0.1, 0.15) is 27.5 Å². The number of anilines is 1. The van der Waals surface area contributed by atoms with Gasteiger partial charge in [0.1, 0.15) is 4.88 Å². The van der Waals surface area contributed by atoms with Crippen molar-refractivity contribution < 1.29 is 4.79 Å². The first-order chi connectivity index (χ1) is 12.3. The van der Waals surface area contributed by atoms with Crippen LogP contribution >= 0.6 is 11.3 Å². The van der Waals surface area contributed by atoms with E-state index < -0.39 is 0 Å². The van der Waals surface area contributed by atoms with Gasteiger partial charge in [-0.05, 0) is 20.4 Å². The molecule has 1 aliphatic rings. The maximum atomic E-state index is 12.6. The van der Waals surface area contributed by atoms with Crippen LogP contribution in [0.3, 0.4) is 0 Å². The van der Waals surface area contributed by atoms with Crippen LogP contribution in [-0.2, 0) is 6.54 Å². The van der Waals surface area contributed by atoms with E-state index in [4.69, 9.17) is 0 Å². The number of hydrogen-bond acceptors (Lipinski definition) is 7. The highest BCUT2D eigenvalue weighted by Crippen LogP contribution is 2.21. The molecule has 1 N–H and O–H groups in total. The molecule has 1 aliphatic heterocycles. The zero-order chi connectivity index (χ0) is 18.8. The van der Waals surface area contributed by atoms with Crippen molar-refractivity contribution in [3.63, 3.8) is 0 Å². The van der Waals surface area contributed by atoms with Crippen molar-refractivity contribution in [2.45, 2.75) is 25.9 Å². The Morgan fingerprint density at radius 3 is 2.85 bits per heavy atom. The molecule has 2 aromatic rings. The lowest BCUT2D eigenvalue weighted by molar-refractivity contribution is 0.0783. The summed E-state index contributed by atoms with van der Waals surface area (Å²) < 4.78 is 0. The topological polar surface area (TPSA) is 85.4 Å². The van der Waals surface area contributed by atoms with E-state index in [1.807, 2.05) is 33.0 Å². The molecule has 0 spiro atoms. The standard InChI is InChI=1S/C17H24N6O2S/c1-11-15(26-10-18-11)16(25)23-6-5-13(9-23)22(4)8-12-7-14(24)20-17(19-12)21(2)3/h7,10,13H,5-6,8-9H2,1-4H3,(H,19,20,24)/t13-/m0/s1. The minimum Gasteiger partial charge on any atom is -0.348 e. The molecule has 1 amide bonds. The second kappa shape index (κ2) is 7.55. The fraction of sp³-hybridized carbons (Fsp3) is 0.529. The first-order valence-electron chi connectivity index (χ1n) is 8.52. The van der Waals surface area contributed by atoms with E-state index in [0.29, 0.717) is 19.0 Å². The summed E-state index contributed by atoms with van der Waals surface area (Å²) in [4.78, 5) is 42.4. The third-order valence-electron chi connectivity index (χ3n) is 4.63. The van der Waals surface area contributed by atoms with E-state index in [0.717, 1.165) is 29.2 Å². The second-order valence-corrected chi connectivity index (χ2v) is 7.69. The molecular formula is C17H24N6O2S. The highest BCUT2D eigenvalue weighted by atomic mass is 32.1. The number of thiazole rings is 1. The molecular weight excluding hydrogens is 352 g/mol. The lowest BCUT2D eigenvalue weighted by atomic mass is 10.2. The van der Waals surface area contributed by atoms with Crippen LogP contribution in [0.15, 0.2) is 16.4 Å². The molecule has 26 heavy (non-hydrogen) atoms. The number of nitrogens with one attached hydrogen (secondary N) is 1. The molecule has 0 radical (unpaired) electrons. The van der Waals surface area contributed by atoms with E-state index in [1.54, 1.807) is 10.4 Å². The van der Waals surface area contributed by atoms with Crippen LogP contribution in [0.4, 0.5) is 5.95 Å². The number of hydrogen-bond donors (Lipinski definition) is 1. The summed E-state index contributed by atoms with van der Waals surface area (Å²) in [6, 6.07) is 1.78. The number of carbonyl (C=O) groups is 1. The average Bonchev–Trinajstić information content (AvgIpc) is 3.22. The zero-order valence-corrected chi connectivity index (χ0v) is 16.3. The maximum Gasteiger partial charge on any atom is 0.265 e. The first-order valence-corrected chi connectivity index (χ1v) is 9.40. The number of amides is 1. The number of aryl methyl sites for hydroxylation is 1. The minimum atomic E-state index is -0.156. The largest absolute Gasteiger partial charge is 0.348 e. The molecule has 1 saturated heterocycles. The Bertz CT molecular complexity index is 846. The Kier molecular flexibility index (Phi) is 5.38. The Morgan fingerprint density at radius 1 is 1.42 bits per heavy atom. The maximum absolute atomic E-state index is 12.6. The number of nitrogens with zero attached hydrogens (tertiary/aromatic N) is 5. The van der Waals surface area contributed by atoms with Crippen molar-refractivity contribution in [3.8, 4) is 0 Å². The number of aromatic amines is 1. The quantitative estimate of drug-likeness (QED) is 0.836. The second-order valence-electron chi connectivity index (χ2n) is 6.83. The molecule has 0 saturated carbocycles. The predicted molar refractivity (Wildman–Crippen MR) is 102 cm³/mol. The van der Waals surface area contributed by atoms with Gasteiger partial charge in [-0.15, -0.1) is 11.3 Å². The van der Waals surface area contributed by atoms with Gasteiger partial charge < -0.3 is 9.80 Å². The lowest BCUT2D eigenvalue weighted by Gasteiger charge is -2.24. The molecule has 140 valence electrons. The van der Waals surface area contributed by atoms with Gasteiger partial charge in [-0.3, -0.25) is 19.5 Å². The number of H-pyrrole nitrogens is 1.